The zero-order valence-electron chi connectivity index (χ0n) is 10.2. The molecule has 16 heavy (non-hydrogen) atoms. The molecular weight excluding hydrogens is 200 g/mol. The van der Waals surface area contributed by atoms with Crippen molar-refractivity contribution in [1.29, 1.82) is 0 Å². The van der Waals surface area contributed by atoms with Gasteiger partial charge in [0.15, 0.2) is 0 Å². The second kappa shape index (κ2) is 4.26. The molecule has 1 amide bonds. The number of likely N-dealkylation sites (N-methyl/N-ethyl adjacent to an activating group) is 2. The first kappa shape index (κ1) is 11.1. The van der Waals surface area contributed by atoms with E-state index in [0.29, 0.717) is 6.42 Å². The van der Waals surface area contributed by atoms with E-state index in [1.54, 1.807) is 4.90 Å². The van der Waals surface area contributed by atoms with E-state index in [1.165, 1.54) is 11.1 Å². The molecule has 0 atom stereocenters. The highest BCUT2D eigenvalue weighted by atomic mass is 16.2. The number of carbonyl (C=O) groups is 1. The van der Waals surface area contributed by atoms with Gasteiger partial charge in [0.05, 0.1) is 6.42 Å². The topological polar surface area (TPSA) is 23.6 Å². The van der Waals surface area contributed by atoms with Crippen LogP contribution in [-0.2, 0) is 17.6 Å². The van der Waals surface area contributed by atoms with E-state index in [4.69, 9.17) is 0 Å². The third-order valence-electron chi connectivity index (χ3n) is 3.07. The predicted octanol–water partition coefficient (Wildman–Crippen LogP) is 1.31. The van der Waals surface area contributed by atoms with Crippen LogP contribution in [0.4, 0.5) is 5.69 Å². The molecule has 0 spiro atoms. The second-order valence-electron chi connectivity index (χ2n) is 4.65. The van der Waals surface area contributed by atoms with Crippen LogP contribution in [0.15, 0.2) is 18.2 Å². The highest BCUT2D eigenvalue weighted by molar-refractivity contribution is 6.00. The fourth-order valence-corrected chi connectivity index (χ4v) is 2.03. The highest BCUT2D eigenvalue weighted by Crippen LogP contribution is 2.28. The molecule has 0 aromatic heterocycles. The van der Waals surface area contributed by atoms with E-state index >= 15 is 0 Å². The molecule has 0 radical (unpaired) electrons. The van der Waals surface area contributed by atoms with Crippen molar-refractivity contribution in [1.82, 2.24) is 4.90 Å². The van der Waals surface area contributed by atoms with Gasteiger partial charge in [-0.2, -0.15) is 0 Å². The summed E-state index contributed by atoms with van der Waals surface area (Å²) < 4.78 is 0. The maximum absolute atomic E-state index is 11.5. The fourth-order valence-electron chi connectivity index (χ4n) is 2.03. The van der Waals surface area contributed by atoms with Gasteiger partial charge >= 0.3 is 0 Å². The van der Waals surface area contributed by atoms with Gasteiger partial charge in [-0.15, -0.1) is 0 Å². The van der Waals surface area contributed by atoms with E-state index in [1.807, 2.05) is 7.05 Å². The van der Waals surface area contributed by atoms with E-state index in [-0.39, 0.29) is 5.91 Å². The van der Waals surface area contributed by atoms with Crippen LogP contribution in [-0.4, -0.2) is 38.5 Å². The van der Waals surface area contributed by atoms with Crippen molar-refractivity contribution < 1.29 is 4.79 Å². The number of benzene rings is 1. The molecule has 0 fully saturated rings. The fraction of sp³-hybridized carbons (Fsp3) is 0.462. The third-order valence-corrected chi connectivity index (χ3v) is 3.07. The maximum Gasteiger partial charge on any atom is 0.231 e. The Bertz CT molecular complexity index is 412. The van der Waals surface area contributed by atoms with Gasteiger partial charge in [-0.25, -0.2) is 0 Å². The molecule has 1 aliphatic rings. The van der Waals surface area contributed by atoms with Crippen LogP contribution >= 0.6 is 0 Å². The summed E-state index contributed by atoms with van der Waals surface area (Å²) in [6.07, 6.45) is 1.60. The van der Waals surface area contributed by atoms with Crippen LogP contribution in [0.3, 0.4) is 0 Å². The summed E-state index contributed by atoms with van der Waals surface area (Å²) in [4.78, 5) is 15.4. The Balaban J connectivity index is 2.15. The SMILES string of the molecule is CN(C)CCc1ccc2c(c1)CC(=O)N2C. The molecule has 0 saturated heterocycles. The monoisotopic (exact) mass is 218 g/mol. The van der Waals surface area contributed by atoms with Crippen molar-refractivity contribution in [3.05, 3.63) is 29.3 Å². The number of rotatable bonds is 3. The molecule has 2 rings (SSSR count). The van der Waals surface area contributed by atoms with Gasteiger partial charge in [0.2, 0.25) is 5.91 Å². The minimum absolute atomic E-state index is 0.194. The number of hydrogen-bond donors (Lipinski definition) is 0. The maximum atomic E-state index is 11.5. The Morgan fingerprint density at radius 1 is 1.38 bits per heavy atom. The number of hydrogen-bond acceptors (Lipinski definition) is 2. The largest absolute Gasteiger partial charge is 0.315 e. The Kier molecular flexibility index (Phi) is 2.97. The minimum Gasteiger partial charge on any atom is -0.315 e. The number of anilines is 1. The summed E-state index contributed by atoms with van der Waals surface area (Å²) in [6, 6.07) is 6.35. The summed E-state index contributed by atoms with van der Waals surface area (Å²) >= 11 is 0. The predicted molar refractivity (Wildman–Crippen MR) is 65.8 cm³/mol. The molecule has 86 valence electrons. The molecular formula is C13H18N2O. The Morgan fingerprint density at radius 3 is 2.81 bits per heavy atom. The van der Waals surface area contributed by atoms with E-state index in [0.717, 1.165) is 18.7 Å². The molecule has 0 saturated carbocycles. The lowest BCUT2D eigenvalue weighted by Gasteiger charge is -2.12. The van der Waals surface area contributed by atoms with E-state index < -0.39 is 0 Å². The Hall–Kier alpha value is -1.35. The van der Waals surface area contributed by atoms with Crippen LogP contribution < -0.4 is 4.90 Å². The number of fused-ring (bicyclic) bond motifs is 1. The molecule has 1 aliphatic heterocycles. The molecule has 0 unspecified atom stereocenters. The van der Waals surface area contributed by atoms with Gasteiger partial charge in [0.25, 0.3) is 0 Å². The van der Waals surface area contributed by atoms with Gasteiger partial charge in [-0.05, 0) is 37.7 Å². The Labute approximate surface area is 96.7 Å². The van der Waals surface area contributed by atoms with Gasteiger partial charge < -0.3 is 9.80 Å². The molecule has 0 bridgehead atoms. The lowest BCUT2D eigenvalue weighted by Crippen LogP contribution is -2.20. The third kappa shape index (κ3) is 2.09. The number of carbonyl (C=O) groups excluding carboxylic acids is 1. The van der Waals surface area contributed by atoms with Gasteiger partial charge in [-0.1, -0.05) is 12.1 Å². The van der Waals surface area contributed by atoms with Crippen LogP contribution in [0, 0.1) is 0 Å². The number of amides is 1. The van der Waals surface area contributed by atoms with Crippen molar-refractivity contribution in [3.8, 4) is 0 Å². The first-order valence-corrected chi connectivity index (χ1v) is 5.61. The van der Waals surface area contributed by atoms with Gasteiger partial charge in [0, 0.05) is 19.3 Å². The van der Waals surface area contributed by atoms with Crippen molar-refractivity contribution in [2.75, 3.05) is 32.6 Å². The van der Waals surface area contributed by atoms with Crippen LogP contribution in [0.2, 0.25) is 0 Å². The van der Waals surface area contributed by atoms with Crippen molar-refractivity contribution in [2.45, 2.75) is 12.8 Å². The summed E-state index contributed by atoms with van der Waals surface area (Å²) in [5, 5.41) is 0. The zero-order valence-corrected chi connectivity index (χ0v) is 10.2. The lowest BCUT2D eigenvalue weighted by molar-refractivity contribution is -0.117. The standard InChI is InChI=1S/C13H18N2O/c1-14(2)7-6-10-4-5-12-11(8-10)9-13(16)15(12)3/h4-5,8H,6-7,9H2,1-3H3. The molecule has 3 nitrogen and oxygen atoms in total. The molecule has 1 heterocycles. The van der Waals surface area contributed by atoms with Gasteiger partial charge in [-0.3, -0.25) is 4.79 Å². The molecule has 1 aromatic carbocycles. The van der Waals surface area contributed by atoms with E-state index in [9.17, 15) is 4.79 Å². The summed E-state index contributed by atoms with van der Waals surface area (Å²) in [6.45, 7) is 1.04. The quantitative estimate of drug-likeness (QED) is 0.763. The van der Waals surface area contributed by atoms with Crippen molar-refractivity contribution in [3.63, 3.8) is 0 Å². The average Bonchev–Trinajstić information content (AvgIpc) is 2.52. The van der Waals surface area contributed by atoms with Crippen molar-refractivity contribution in [2.24, 2.45) is 0 Å². The first-order chi connectivity index (χ1) is 7.58. The smallest absolute Gasteiger partial charge is 0.231 e. The Morgan fingerprint density at radius 2 is 2.12 bits per heavy atom. The average molecular weight is 218 g/mol. The summed E-state index contributed by atoms with van der Waals surface area (Å²) in [7, 11) is 5.99. The second-order valence-corrected chi connectivity index (χ2v) is 4.65. The van der Waals surface area contributed by atoms with E-state index in [2.05, 4.69) is 37.2 Å². The molecule has 3 heteroatoms. The summed E-state index contributed by atoms with van der Waals surface area (Å²) in [5.41, 5.74) is 3.55. The number of nitrogens with zero attached hydrogens (tertiary/aromatic N) is 2. The molecule has 0 N–H and O–H groups in total. The first-order valence-electron chi connectivity index (χ1n) is 5.61. The summed E-state index contributed by atoms with van der Waals surface area (Å²) in [5.74, 6) is 0.194. The van der Waals surface area contributed by atoms with Gasteiger partial charge in [0.1, 0.15) is 0 Å². The van der Waals surface area contributed by atoms with Crippen LogP contribution in [0.1, 0.15) is 11.1 Å². The van der Waals surface area contributed by atoms with Crippen LogP contribution in [0.25, 0.3) is 0 Å². The highest BCUT2D eigenvalue weighted by Gasteiger charge is 2.23. The molecule has 1 aromatic rings. The van der Waals surface area contributed by atoms with Crippen molar-refractivity contribution >= 4 is 11.6 Å². The minimum atomic E-state index is 0.194. The van der Waals surface area contributed by atoms with Crippen LogP contribution in [0.5, 0.6) is 0 Å². The zero-order chi connectivity index (χ0) is 11.7. The lowest BCUT2D eigenvalue weighted by atomic mass is 10.1. The normalized spacial score (nSPS) is 14.8. The molecule has 0 aliphatic carbocycles.